The van der Waals surface area contributed by atoms with Gasteiger partial charge in [-0.3, -0.25) is 0 Å². The number of alkyl halides is 3. The van der Waals surface area contributed by atoms with E-state index in [1.807, 2.05) is 19.0 Å². The highest BCUT2D eigenvalue weighted by molar-refractivity contribution is 4.88. The summed E-state index contributed by atoms with van der Waals surface area (Å²) in [5.74, 6) is -1.01. The molecule has 0 aromatic heterocycles. The lowest BCUT2D eigenvalue weighted by atomic mass is 10.1. The number of nitrogens with two attached hydrogens (primary N) is 1. The van der Waals surface area contributed by atoms with Gasteiger partial charge in [0, 0.05) is 32.2 Å². The van der Waals surface area contributed by atoms with Crippen LogP contribution in [0.25, 0.3) is 0 Å². The van der Waals surface area contributed by atoms with Gasteiger partial charge in [-0.05, 0) is 20.0 Å². The van der Waals surface area contributed by atoms with Crippen LogP contribution in [0.5, 0.6) is 0 Å². The van der Waals surface area contributed by atoms with Crippen molar-refractivity contribution < 1.29 is 13.2 Å². The smallest absolute Gasteiger partial charge is 0.330 e. The minimum absolute atomic E-state index is 0.0225. The van der Waals surface area contributed by atoms with E-state index in [1.54, 1.807) is 0 Å². The third-order valence-electron chi connectivity index (χ3n) is 3.54. The SMILES string of the molecule is CC1CN(CC(CN)C(F)(F)F)CC1N(C)C. The summed E-state index contributed by atoms with van der Waals surface area (Å²) in [5, 5.41) is 0. The van der Waals surface area contributed by atoms with E-state index in [2.05, 4.69) is 11.8 Å². The van der Waals surface area contributed by atoms with E-state index >= 15 is 0 Å². The number of likely N-dealkylation sites (tertiary alicyclic amines) is 1. The van der Waals surface area contributed by atoms with Crippen LogP contribution in [0.2, 0.25) is 0 Å². The molecule has 0 aliphatic carbocycles. The van der Waals surface area contributed by atoms with Crippen LogP contribution < -0.4 is 5.73 Å². The van der Waals surface area contributed by atoms with Crippen molar-refractivity contribution in [2.75, 3.05) is 40.3 Å². The van der Waals surface area contributed by atoms with Crippen LogP contribution in [0.4, 0.5) is 13.2 Å². The fraction of sp³-hybridized carbons (Fsp3) is 1.00. The minimum atomic E-state index is -4.19. The fourth-order valence-electron chi connectivity index (χ4n) is 2.49. The van der Waals surface area contributed by atoms with Gasteiger partial charge in [-0.2, -0.15) is 13.2 Å². The number of nitrogens with zero attached hydrogens (tertiary/aromatic N) is 2. The molecule has 0 bridgehead atoms. The zero-order chi connectivity index (χ0) is 13.2. The van der Waals surface area contributed by atoms with Gasteiger partial charge in [0.2, 0.25) is 0 Å². The van der Waals surface area contributed by atoms with Crippen molar-refractivity contribution in [2.24, 2.45) is 17.6 Å². The number of rotatable bonds is 4. The Kier molecular flexibility index (Phi) is 4.80. The Balaban J connectivity index is 2.54. The summed E-state index contributed by atoms with van der Waals surface area (Å²) >= 11 is 0. The summed E-state index contributed by atoms with van der Waals surface area (Å²) < 4.78 is 37.8. The summed E-state index contributed by atoms with van der Waals surface area (Å²) in [5.41, 5.74) is 5.21. The molecule has 0 spiro atoms. The van der Waals surface area contributed by atoms with Crippen molar-refractivity contribution in [2.45, 2.75) is 19.1 Å². The Morgan fingerprint density at radius 1 is 1.35 bits per heavy atom. The Morgan fingerprint density at radius 2 is 1.94 bits per heavy atom. The molecule has 1 rings (SSSR count). The minimum Gasteiger partial charge on any atom is -0.330 e. The van der Waals surface area contributed by atoms with Crippen LogP contribution in [0.1, 0.15) is 6.92 Å². The van der Waals surface area contributed by atoms with Crippen molar-refractivity contribution in [3.05, 3.63) is 0 Å². The molecule has 6 heteroatoms. The third-order valence-corrected chi connectivity index (χ3v) is 3.54. The number of likely N-dealkylation sites (N-methyl/N-ethyl adjacent to an activating group) is 1. The summed E-state index contributed by atoms with van der Waals surface area (Å²) in [7, 11) is 3.93. The molecule has 3 nitrogen and oxygen atoms in total. The highest BCUT2D eigenvalue weighted by Gasteiger charge is 2.41. The molecule has 0 amide bonds. The molecule has 0 aromatic carbocycles. The Morgan fingerprint density at radius 3 is 2.29 bits per heavy atom. The molecule has 0 radical (unpaired) electrons. The maximum atomic E-state index is 12.6. The van der Waals surface area contributed by atoms with Crippen molar-refractivity contribution in [1.82, 2.24) is 9.80 Å². The van der Waals surface area contributed by atoms with Gasteiger partial charge in [-0.25, -0.2) is 0 Å². The summed E-state index contributed by atoms with van der Waals surface area (Å²) in [6.07, 6.45) is -4.19. The maximum Gasteiger partial charge on any atom is 0.394 e. The first-order chi connectivity index (χ1) is 7.75. The Bertz CT molecular complexity index is 243. The molecule has 0 aromatic rings. The van der Waals surface area contributed by atoms with Crippen molar-refractivity contribution in [3.63, 3.8) is 0 Å². The second-order valence-corrected chi connectivity index (χ2v) is 5.20. The van der Waals surface area contributed by atoms with Crippen molar-refractivity contribution >= 4 is 0 Å². The van der Waals surface area contributed by atoms with Crippen molar-refractivity contribution in [3.8, 4) is 0 Å². The van der Waals surface area contributed by atoms with Crippen LogP contribution in [-0.2, 0) is 0 Å². The van der Waals surface area contributed by atoms with Gasteiger partial charge in [0.05, 0.1) is 5.92 Å². The summed E-state index contributed by atoms with van der Waals surface area (Å²) in [4.78, 5) is 3.95. The number of hydrogen-bond donors (Lipinski definition) is 1. The Labute approximate surface area is 101 Å². The largest absolute Gasteiger partial charge is 0.394 e. The molecular weight excluding hydrogens is 231 g/mol. The molecule has 1 aliphatic heterocycles. The quantitative estimate of drug-likeness (QED) is 0.811. The van der Waals surface area contributed by atoms with E-state index in [9.17, 15) is 13.2 Å². The van der Waals surface area contributed by atoms with E-state index in [0.29, 0.717) is 18.5 Å². The first kappa shape index (κ1) is 14.7. The first-order valence-electron chi connectivity index (χ1n) is 5.91. The maximum absolute atomic E-state index is 12.6. The van der Waals surface area contributed by atoms with Gasteiger partial charge in [0.1, 0.15) is 0 Å². The number of halogens is 3. The molecule has 1 heterocycles. The highest BCUT2D eigenvalue weighted by Crippen LogP contribution is 2.28. The summed E-state index contributed by atoms with van der Waals surface area (Å²) in [6.45, 7) is 3.18. The molecule has 1 fully saturated rings. The van der Waals surface area contributed by atoms with Gasteiger partial charge < -0.3 is 15.5 Å². The van der Waals surface area contributed by atoms with E-state index in [-0.39, 0.29) is 13.1 Å². The molecule has 102 valence electrons. The molecule has 3 unspecified atom stereocenters. The zero-order valence-corrected chi connectivity index (χ0v) is 10.7. The van der Waals surface area contributed by atoms with Crippen molar-refractivity contribution in [1.29, 1.82) is 0 Å². The van der Waals surface area contributed by atoms with E-state index in [0.717, 1.165) is 6.54 Å². The zero-order valence-electron chi connectivity index (χ0n) is 10.7. The van der Waals surface area contributed by atoms with Crippen LogP contribution in [0.3, 0.4) is 0 Å². The molecule has 17 heavy (non-hydrogen) atoms. The molecule has 2 N–H and O–H groups in total. The van der Waals surface area contributed by atoms with Gasteiger partial charge in [0.25, 0.3) is 0 Å². The molecular formula is C11H22F3N3. The van der Waals surface area contributed by atoms with Crippen LogP contribution in [0, 0.1) is 11.8 Å². The topological polar surface area (TPSA) is 32.5 Å². The molecule has 0 saturated carbocycles. The van der Waals surface area contributed by atoms with Crippen LogP contribution in [-0.4, -0.2) is 62.3 Å². The van der Waals surface area contributed by atoms with E-state index < -0.39 is 12.1 Å². The average Bonchev–Trinajstić information content (AvgIpc) is 2.54. The lowest BCUT2D eigenvalue weighted by Crippen LogP contribution is -2.41. The van der Waals surface area contributed by atoms with E-state index in [1.165, 1.54) is 0 Å². The highest BCUT2D eigenvalue weighted by atomic mass is 19.4. The fourth-order valence-corrected chi connectivity index (χ4v) is 2.49. The predicted octanol–water partition coefficient (Wildman–Crippen LogP) is 1.01. The average molecular weight is 253 g/mol. The Hall–Kier alpha value is -0.330. The number of hydrogen-bond acceptors (Lipinski definition) is 3. The normalized spacial score (nSPS) is 28.9. The lowest BCUT2D eigenvalue weighted by molar-refractivity contribution is -0.175. The van der Waals surface area contributed by atoms with Gasteiger partial charge >= 0.3 is 6.18 Å². The van der Waals surface area contributed by atoms with E-state index in [4.69, 9.17) is 5.73 Å². The first-order valence-corrected chi connectivity index (χ1v) is 5.91. The second kappa shape index (κ2) is 5.54. The van der Waals surface area contributed by atoms with Crippen LogP contribution in [0.15, 0.2) is 0 Å². The molecule has 3 atom stereocenters. The standard InChI is InChI=1S/C11H22F3N3/c1-8-5-17(7-10(8)16(2)3)6-9(4-15)11(12,13)14/h8-10H,4-7,15H2,1-3H3. The lowest BCUT2D eigenvalue weighted by Gasteiger charge is -2.25. The van der Waals surface area contributed by atoms with Gasteiger partial charge in [-0.1, -0.05) is 6.92 Å². The van der Waals surface area contributed by atoms with Gasteiger partial charge in [0.15, 0.2) is 0 Å². The molecule has 1 aliphatic rings. The third kappa shape index (κ3) is 3.82. The predicted molar refractivity (Wildman–Crippen MR) is 61.7 cm³/mol. The molecule has 1 saturated heterocycles. The monoisotopic (exact) mass is 253 g/mol. The second-order valence-electron chi connectivity index (χ2n) is 5.20. The van der Waals surface area contributed by atoms with Crippen LogP contribution >= 0.6 is 0 Å². The summed E-state index contributed by atoms with van der Waals surface area (Å²) in [6, 6.07) is 0.335. The van der Waals surface area contributed by atoms with Gasteiger partial charge in [-0.15, -0.1) is 0 Å².